The predicted octanol–water partition coefficient (Wildman–Crippen LogP) is 1.68. The maximum Gasteiger partial charge on any atom is 0.337 e. The highest BCUT2D eigenvalue weighted by Crippen LogP contribution is 2.42. The van der Waals surface area contributed by atoms with Gasteiger partial charge in [0.1, 0.15) is 0 Å². The first-order chi connectivity index (χ1) is 10.00. The number of carboxylic acid groups (broad SMARTS) is 1. The van der Waals surface area contributed by atoms with Crippen LogP contribution in [0.25, 0.3) is 11.0 Å². The minimum absolute atomic E-state index is 0.0422. The number of benzene rings is 1. The summed E-state index contributed by atoms with van der Waals surface area (Å²) in [6.07, 6.45) is 3.25. The van der Waals surface area contributed by atoms with Crippen LogP contribution < -0.4 is 11.1 Å². The van der Waals surface area contributed by atoms with Gasteiger partial charge in [0.05, 0.1) is 16.6 Å². The van der Waals surface area contributed by atoms with E-state index < -0.39 is 22.6 Å². The second-order valence-electron chi connectivity index (χ2n) is 5.53. The molecular weight excluding hydrogens is 272 g/mol. The van der Waals surface area contributed by atoms with Crippen LogP contribution in [0, 0.1) is 0 Å². The van der Waals surface area contributed by atoms with Crippen molar-refractivity contribution in [2.24, 2.45) is 0 Å². The van der Waals surface area contributed by atoms with Crippen LogP contribution >= 0.6 is 0 Å². The van der Waals surface area contributed by atoms with E-state index in [1.54, 1.807) is 12.1 Å². The number of rotatable bonds is 3. The Balaban J connectivity index is 2.51. The highest BCUT2D eigenvalue weighted by molar-refractivity contribution is 6.00. The monoisotopic (exact) mass is 288 g/mol. The summed E-state index contributed by atoms with van der Waals surface area (Å²) >= 11 is 0. The maximum atomic E-state index is 12.4. The van der Waals surface area contributed by atoms with E-state index in [0.29, 0.717) is 17.5 Å². The molecule has 0 unspecified atom stereocenters. The Hall–Kier alpha value is -2.37. The SMILES string of the molecule is CCC1(n2c(=O)c(=O)[nH]c3cccc(C(=O)O)c32)CCC1. The van der Waals surface area contributed by atoms with E-state index in [9.17, 15) is 19.5 Å². The number of aromatic amines is 1. The van der Waals surface area contributed by atoms with Gasteiger partial charge in [0, 0.05) is 5.54 Å². The summed E-state index contributed by atoms with van der Waals surface area (Å²) in [5, 5.41) is 9.39. The molecule has 0 amide bonds. The number of H-pyrrole nitrogens is 1. The fourth-order valence-corrected chi connectivity index (χ4v) is 3.21. The number of aromatic carboxylic acids is 1. The Morgan fingerprint density at radius 3 is 2.62 bits per heavy atom. The normalized spacial score (nSPS) is 16.6. The average Bonchev–Trinajstić information content (AvgIpc) is 2.41. The summed E-state index contributed by atoms with van der Waals surface area (Å²) in [5.74, 6) is -1.11. The molecule has 21 heavy (non-hydrogen) atoms. The van der Waals surface area contributed by atoms with Gasteiger partial charge >= 0.3 is 17.1 Å². The van der Waals surface area contributed by atoms with E-state index in [-0.39, 0.29) is 5.56 Å². The summed E-state index contributed by atoms with van der Waals surface area (Å²) in [4.78, 5) is 38.2. The van der Waals surface area contributed by atoms with E-state index in [1.807, 2.05) is 6.92 Å². The molecule has 2 N–H and O–H groups in total. The molecule has 1 fully saturated rings. The van der Waals surface area contributed by atoms with Gasteiger partial charge in [-0.3, -0.25) is 14.2 Å². The van der Waals surface area contributed by atoms with Crippen molar-refractivity contribution in [2.75, 3.05) is 0 Å². The standard InChI is InChI=1S/C15H16N2O4/c1-2-15(7-4-8-15)17-11-9(14(20)21)5-3-6-10(11)16-12(18)13(17)19/h3,5-6H,2,4,7-8H2,1H3,(H,16,18)(H,20,21). The van der Waals surface area contributed by atoms with E-state index in [1.165, 1.54) is 10.6 Å². The fourth-order valence-electron chi connectivity index (χ4n) is 3.21. The molecule has 0 radical (unpaired) electrons. The largest absolute Gasteiger partial charge is 0.478 e. The Labute approximate surface area is 120 Å². The van der Waals surface area contributed by atoms with Gasteiger partial charge < -0.3 is 10.1 Å². The number of aromatic nitrogens is 2. The van der Waals surface area contributed by atoms with Crippen LogP contribution in [0.15, 0.2) is 27.8 Å². The van der Waals surface area contributed by atoms with Crippen molar-refractivity contribution < 1.29 is 9.90 Å². The van der Waals surface area contributed by atoms with E-state index >= 15 is 0 Å². The summed E-state index contributed by atoms with van der Waals surface area (Å²) in [6.45, 7) is 1.96. The third-order valence-corrected chi connectivity index (χ3v) is 4.55. The molecule has 1 heterocycles. The molecule has 3 rings (SSSR count). The van der Waals surface area contributed by atoms with Crippen LogP contribution in [-0.4, -0.2) is 20.6 Å². The van der Waals surface area contributed by atoms with Gasteiger partial charge in [-0.05, 0) is 37.8 Å². The lowest BCUT2D eigenvalue weighted by molar-refractivity contribution is 0.0697. The third-order valence-electron chi connectivity index (χ3n) is 4.55. The molecule has 1 aliphatic rings. The Kier molecular flexibility index (Phi) is 2.97. The van der Waals surface area contributed by atoms with Crippen molar-refractivity contribution >= 4 is 17.0 Å². The molecule has 0 saturated heterocycles. The molecule has 2 aromatic rings. The molecule has 1 aromatic heterocycles. The van der Waals surface area contributed by atoms with Crippen molar-refractivity contribution in [3.8, 4) is 0 Å². The van der Waals surface area contributed by atoms with Crippen LogP contribution in [0.1, 0.15) is 43.0 Å². The molecule has 1 aliphatic carbocycles. The highest BCUT2D eigenvalue weighted by Gasteiger charge is 2.40. The molecule has 110 valence electrons. The molecule has 6 heteroatoms. The number of nitrogens with one attached hydrogen (secondary N) is 1. The Morgan fingerprint density at radius 1 is 1.38 bits per heavy atom. The van der Waals surface area contributed by atoms with Crippen molar-refractivity contribution in [3.63, 3.8) is 0 Å². The third kappa shape index (κ3) is 1.82. The van der Waals surface area contributed by atoms with Gasteiger partial charge in [0.2, 0.25) is 0 Å². The predicted molar refractivity (Wildman–Crippen MR) is 77.9 cm³/mol. The lowest BCUT2D eigenvalue weighted by atomic mass is 9.74. The average molecular weight is 288 g/mol. The first kappa shape index (κ1) is 13.6. The molecule has 0 bridgehead atoms. The van der Waals surface area contributed by atoms with Gasteiger partial charge in [0.25, 0.3) is 0 Å². The van der Waals surface area contributed by atoms with Crippen LogP contribution in [0.5, 0.6) is 0 Å². The van der Waals surface area contributed by atoms with Crippen LogP contribution in [0.4, 0.5) is 0 Å². The van der Waals surface area contributed by atoms with Crippen LogP contribution in [-0.2, 0) is 5.54 Å². The molecule has 0 spiro atoms. The molecular formula is C15H16N2O4. The summed E-state index contributed by atoms with van der Waals surface area (Å²) in [5.41, 5.74) is -1.06. The number of fused-ring (bicyclic) bond motifs is 1. The molecule has 6 nitrogen and oxygen atoms in total. The van der Waals surface area contributed by atoms with Crippen molar-refractivity contribution in [1.29, 1.82) is 0 Å². The van der Waals surface area contributed by atoms with Crippen LogP contribution in [0.3, 0.4) is 0 Å². The van der Waals surface area contributed by atoms with Crippen molar-refractivity contribution in [2.45, 2.75) is 38.1 Å². The van der Waals surface area contributed by atoms with Crippen molar-refractivity contribution in [3.05, 3.63) is 44.5 Å². The van der Waals surface area contributed by atoms with Gasteiger partial charge in [-0.25, -0.2) is 4.79 Å². The number of para-hydroxylation sites is 1. The number of carboxylic acids is 1. The maximum absolute atomic E-state index is 12.4. The first-order valence-electron chi connectivity index (χ1n) is 7.02. The summed E-state index contributed by atoms with van der Waals surface area (Å²) < 4.78 is 1.42. The minimum atomic E-state index is -1.11. The van der Waals surface area contributed by atoms with Gasteiger partial charge in [0.15, 0.2) is 0 Å². The van der Waals surface area contributed by atoms with E-state index in [0.717, 1.165) is 19.3 Å². The fraction of sp³-hybridized carbons (Fsp3) is 0.400. The van der Waals surface area contributed by atoms with Gasteiger partial charge in [-0.15, -0.1) is 0 Å². The second kappa shape index (κ2) is 4.58. The van der Waals surface area contributed by atoms with Gasteiger partial charge in [-0.1, -0.05) is 13.0 Å². The molecule has 1 aromatic carbocycles. The molecule has 0 atom stereocenters. The second-order valence-corrected chi connectivity index (χ2v) is 5.53. The topological polar surface area (TPSA) is 92.2 Å². The number of hydrogen-bond donors (Lipinski definition) is 2. The molecule has 1 saturated carbocycles. The zero-order valence-corrected chi connectivity index (χ0v) is 11.7. The smallest absolute Gasteiger partial charge is 0.337 e. The number of nitrogens with zero attached hydrogens (tertiary/aromatic N) is 1. The van der Waals surface area contributed by atoms with E-state index in [2.05, 4.69) is 4.98 Å². The highest BCUT2D eigenvalue weighted by atomic mass is 16.4. The van der Waals surface area contributed by atoms with Gasteiger partial charge in [-0.2, -0.15) is 0 Å². The summed E-state index contributed by atoms with van der Waals surface area (Å²) in [6, 6.07) is 4.65. The van der Waals surface area contributed by atoms with Crippen LogP contribution in [0.2, 0.25) is 0 Å². The Morgan fingerprint density at radius 2 is 2.10 bits per heavy atom. The summed E-state index contributed by atoms with van der Waals surface area (Å²) in [7, 11) is 0. The zero-order valence-electron chi connectivity index (χ0n) is 11.7. The van der Waals surface area contributed by atoms with E-state index in [4.69, 9.17) is 0 Å². The quantitative estimate of drug-likeness (QED) is 0.840. The minimum Gasteiger partial charge on any atom is -0.478 e. The lowest BCUT2D eigenvalue weighted by Crippen LogP contribution is -2.51. The lowest BCUT2D eigenvalue weighted by Gasteiger charge is -2.43. The zero-order chi connectivity index (χ0) is 15.2. The number of hydrogen-bond acceptors (Lipinski definition) is 3. The number of carbonyl (C=O) groups is 1. The first-order valence-corrected chi connectivity index (χ1v) is 7.02. The Bertz CT molecular complexity index is 837. The van der Waals surface area contributed by atoms with Crippen molar-refractivity contribution in [1.82, 2.24) is 9.55 Å². The molecule has 0 aliphatic heterocycles.